The second-order valence-corrected chi connectivity index (χ2v) is 5.89. The van der Waals surface area contributed by atoms with Gasteiger partial charge in [-0.2, -0.15) is 0 Å². The molecule has 0 aliphatic carbocycles. The molecule has 0 aliphatic heterocycles. The summed E-state index contributed by atoms with van der Waals surface area (Å²) in [5, 5.41) is 0. The summed E-state index contributed by atoms with van der Waals surface area (Å²) in [7, 11) is 0. The van der Waals surface area contributed by atoms with Gasteiger partial charge in [-0.25, -0.2) is 4.98 Å². The van der Waals surface area contributed by atoms with Crippen molar-refractivity contribution < 1.29 is 0 Å². The van der Waals surface area contributed by atoms with Crippen molar-refractivity contribution in [3.05, 3.63) is 82.3 Å². The van der Waals surface area contributed by atoms with Crippen molar-refractivity contribution in [3.8, 4) is 0 Å². The van der Waals surface area contributed by atoms with Gasteiger partial charge in [0.25, 0.3) is 0 Å². The molecule has 0 aliphatic rings. The van der Waals surface area contributed by atoms with Crippen LogP contribution in [0.1, 0.15) is 17.0 Å². The molecule has 3 aromatic rings. The maximum absolute atomic E-state index is 6.01. The first-order valence-corrected chi connectivity index (χ1v) is 7.59. The highest BCUT2D eigenvalue weighted by atomic mass is 79.9. The summed E-state index contributed by atoms with van der Waals surface area (Å²) >= 11 is 3.46. The molecule has 3 rings (SSSR count). The summed E-state index contributed by atoms with van der Waals surface area (Å²) in [6.07, 6.45) is 4.60. The van der Waals surface area contributed by atoms with Gasteiger partial charge in [-0.3, -0.25) is 0 Å². The van der Waals surface area contributed by atoms with E-state index in [0.717, 1.165) is 34.5 Å². The zero-order valence-electron chi connectivity index (χ0n) is 11.5. The van der Waals surface area contributed by atoms with Gasteiger partial charge >= 0.3 is 0 Å². The van der Waals surface area contributed by atoms with Gasteiger partial charge in [-0.1, -0.05) is 46.3 Å². The highest BCUT2D eigenvalue weighted by molar-refractivity contribution is 9.10. The Kier molecular flexibility index (Phi) is 4.06. The van der Waals surface area contributed by atoms with Crippen LogP contribution in [-0.4, -0.2) is 9.55 Å². The quantitative estimate of drug-likeness (QED) is 0.732. The molecule has 0 fully saturated rings. The van der Waals surface area contributed by atoms with Crippen molar-refractivity contribution in [1.29, 1.82) is 0 Å². The van der Waals surface area contributed by atoms with Crippen LogP contribution in [0.2, 0.25) is 0 Å². The Balaban J connectivity index is 1.81. The first-order valence-electron chi connectivity index (χ1n) is 6.80. The van der Waals surface area contributed by atoms with E-state index in [9.17, 15) is 0 Å². The summed E-state index contributed by atoms with van der Waals surface area (Å²) in [6.45, 7) is 0.815. The zero-order valence-corrected chi connectivity index (χ0v) is 13.1. The number of imidazole rings is 1. The van der Waals surface area contributed by atoms with E-state index in [1.54, 1.807) is 0 Å². The second-order valence-electron chi connectivity index (χ2n) is 4.97. The first-order chi connectivity index (χ1) is 10.2. The predicted octanol–water partition coefficient (Wildman–Crippen LogP) is 3.87. The number of aromatic nitrogens is 2. The molecule has 0 saturated heterocycles. The normalized spacial score (nSPS) is 10.7. The molecule has 1 heterocycles. The number of nitrogens with two attached hydrogens (primary N) is 1. The summed E-state index contributed by atoms with van der Waals surface area (Å²) in [6, 6.07) is 16.3. The van der Waals surface area contributed by atoms with Gasteiger partial charge in [-0.05, 0) is 29.3 Å². The molecule has 0 bridgehead atoms. The molecule has 0 unspecified atom stereocenters. The van der Waals surface area contributed by atoms with E-state index in [2.05, 4.69) is 49.7 Å². The predicted molar refractivity (Wildman–Crippen MR) is 89.1 cm³/mol. The molecule has 3 nitrogen and oxygen atoms in total. The molecular weight excluding hydrogens is 326 g/mol. The van der Waals surface area contributed by atoms with Crippen LogP contribution in [0, 0.1) is 0 Å². The Hall–Kier alpha value is -2.07. The van der Waals surface area contributed by atoms with Gasteiger partial charge in [0.2, 0.25) is 0 Å². The van der Waals surface area contributed by atoms with E-state index in [4.69, 9.17) is 5.73 Å². The van der Waals surface area contributed by atoms with E-state index >= 15 is 0 Å². The third kappa shape index (κ3) is 3.34. The fourth-order valence-electron chi connectivity index (χ4n) is 2.30. The molecule has 0 amide bonds. The van der Waals surface area contributed by atoms with Gasteiger partial charge in [0.05, 0.1) is 0 Å². The van der Waals surface area contributed by atoms with Crippen LogP contribution in [0.4, 0.5) is 5.69 Å². The number of para-hydroxylation sites is 1. The number of nitrogen functional groups attached to an aromatic ring is 1. The Labute approximate surface area is 132 Å². The maximum Gasteiger partial charge on any atom is 0.113 e. The second kappa shape index (κ2) is 6.14. The lowest BCUT2D eigenvalue weighted by Crippen LogP contribution is -2.06. The molecule has 1 aromatic heterocycles. The number of halogens is 1. The molecule has 0 saturated carbocycles. The van der Waals surface area contributed by atoms with Gasteiger partial charge in [0.1, 0.15) is 5.82 Å². The lowest BCUT2D eigenvalue weighted by molar-refractivity contribution is 0.741. The summed E-state index contributed by atoms with van der Waals surface area (Å²) in [5.41, 5.74) is 9.19. The third-order valence-electron chi connectivity index (χ3n) is 3.47. The topological polar surface area (TPSA) is 43.8 Å². The molecule has 2 N–H and O–H groups in total. The van der Waals surface area contributed by atoms with Crippen molar-refractivity contribution in [1.82, 2.24) is 9.55 Å². The molecule has 0 spiro atoms. The molecule has 0 atom stereocenters. The highest BCUT2D eigenvalue weighted by Crippen LogP contribution is 2.17. The Morgan fingerprint density at radius 3 is 2.57 bits per heavy atom. The smallest absolute Gasteiger partial charge is 0.113 e. The van der Waals surface area contributed by atoms with Crippen LogP contribution in [0.3, 0.4) is 0 Å². The first kappa shape index (κ1) is 13.9. The number of nitrogens with zero attached hydrogens (tertiary/aromatic N) is 2. The van der Waals surface area contributed by atoms with Crippen molar-refractivity contribution in [2.75, 3.05) is 5.73 Å². The van der Waals surface area contributed by atoms with Gasteiger partial charge < -0.3 is 10.3 Å². The minimum absolute atomic E-state index is 0.746. The monoisotopic (exact) mass is 341 g/mol. The fourth-order valence-corrected chi connectivity index (χ4v) is 2.57. The van der Waals surface area contributed by atoms with E-state index in [0.29, 0.717) is 0 Å². The van der Waals surface area contributed by atoms with Gasteiger partial charge in [-0.15, -0.1) is 0 Å². The average molecular weight is 342 g/mol. The van der Waals surface area contributed by atoms with Gasteiger partial charge in [0.15, 0.2) is 0 Å². The Morgan fingerprint density at radius 1 is 1.05 bits per heavy atom. The van der Waals surface area contributed by atoms with E-state index in [1.807, 2.05) is 36.7 Å². The summed E-state index contributed by atoms with van der Waals surface area (Å²) in [5.74, 6) is 1.02. The van der Waals surface area contributed by atoms with Crippen molar-refractivity contribution in [2.45, 2.75) is 13.0 Å². The molecule has 21 heavy (non-hydrogen) atoms. The fraction of sp³-hybridized carbons (Fsp3) is 0.118. The summed E-state index contributed by atoms with van der Waals surface area (Å²) in [4.78, 5) is 4.46. The molecule has 106 valence electrons. The van der Waals surface area contributed by atoms with Crippen LogP contribution in [0.25, 0.3) is 0 Å². The van der Waals surface area contributed by atoms with Crippen molar-refractivity contribution >= 4 is 21.6 Å². The number of benzene rings is 2. The van der Waals surface area contributed by atoms with Crippen molar-refractivity contribution in [2.24, 2.45) is 0 Å². The van der Waals surface area contributed by atoms with Crippen LogP contribution >= 0.6 is 15.9 Å². The van der Waals surface area contributed by atoms with Crippen LogP contribution in [0.5, 0.6) is 0 Å². The van der Waals surface area contributed by atoms with E-state index in [1.165, 1.54) is 5.56 Å². The lowest BCUT2D eigenvalue weighted by Gasteiger charge is -2.09. The molecule has 2 aromatic carbocycles. The Morgan fingerprint density at radius 2 is 1.81 bits per heavy atom. The van der Waals surface area contributed by atoms with Crippen LogP contribution in [0.15, 0.2) is 65.4 Å². The van der Waals surface area contributed by atoms with Crippen LogP contribution < -0.4 is 5.73 Å². The number of anilines is 1. The average Bonchev–Trinajstić information content (AvgIpc) is 2.91. The maximum atomic E-state index is 6.01. The highest BCUT2D eigenvalue weighted by Gasteiger charge is 2.07. The lowest BCUT2D eigenvalue weighted by atomic mass is 10.1. The van der Waals surface area contributed by atoms with E-state index in [-0.39, 0.29) is 0 Å². The summed E-state index contributed by atoms with van der Waals surface area (Å²) < 4.78 is 3.25. The van der Waals surface area contributed by atoms with Crippen LogP contribution in [-0.2, 0) is 13.0 Å². The largest absolute Gasteiger partial charge is 0.398 e. The standard InChI is InChI=1S/C17H16BrN3/c18-15-7-5-13(6-8-15)12-21-10-9-20-17(21)11-14-3-1-2-4-16(14)19/h1-10H,11-12,19H2. The minimum Gasteiger partial charge on any atom is -0.398 e. The third-order valence-corrected chi connectivity index (χ3v) is 4.00. The molecule has 0 radical (unpaired) electrons. The SMILES string of the molecule is Nc1ccccc1Cc1nccn1Cc1ccc(Br)cc1. The number of hydrogen-bond acceptors (Lipinski definition) is 2. The number of hydrogen-bond donors (Lipinski definition) is 1. The number of rotatable bonds is 4. The van der Waals surface area contributed by atoms with Gasteiger partial charge in [0, 0.05) is 35.5 Å². The minimum atomic E-state index is 0.746. The Bertz CT molecular complexity index is 732. The van der Waals surface area contributed by atoms with Crippen molar-refractivity contribution in [3.63, 3.8) is 0 Å². The molecule has 4 heteroatoms. The van der Waals surface area contributed by atoms with E-state index < -0.39 is 0 Å². The molecular formula is C17H16BrN3. The zero-order chi connectivity index (χ0) is 14.7.